The van der Waals surface area contributed by atoms with Crippen LogP contribution in [0.4, 0.5) is 5.69 Å². The summed E-state index contributed by atoms with van der Waals surface area (Å²) in [4.78, 5) is 0. The molecule has 8 heteroatoms. The minimum atomic E-state index is -3.67. The smallest absolute Gasteiger partial charge is 0.271 e. The Balaban J connectivity index is 1.91. The SMILES string of the molecule is O=S(=O)(Nc1ccccc1Oc1ccc(Cl)cc1Cl)c1cccs1. The topological polar surface area (TPSA) is 55.4 Å². The van der Waals surface area contributed by atoms with Crippen LogP contribution in [0.25, 0.3) is 0 Å². The molecule has 3 rings (SSSR count). The second-order valence-electron chi connectivity index (χ2n) is 4.71. The lowest BCUT2D eigenvalue weighted by Gasteiger charge is -2.13. The molecule has 4 nitrogen and oxygen atoms in total. The fraction of sp³-hybridized carbons (Fsp3) is 0. The third-order valence-electron chi connectivity index (χ3n) is 3.01. The standard InChI is InChI=1S/C16H11Cl2NO3S2/c17-11-7-8-14(12(18)10-11)22-15-5-2-1-4-13(15)19-24(20,21)16-6-3-9-23-16/h1-10,19H. The van der Waals surface area contributed by atoms with Crippen LogP contribution in [0, 0.1) is 0 Å². The first kappa shape index (κ1) is 17.1. The van der Waals surface area contributed by atoms with Gasteiger partial charge in [0.2, 0.25) is 0 Å². The van der Waals surface area contributed by atoms with Gasteiger partial charge in [0.05, 0.1) is 10.7 Å². The molecule has 0 saturated carbocycles. The molecule has 124 valence electrons. The highest BCUT2D eigenvalue weighted by Crippen LogP contribution is 2.35. The first-order valence-corrected chi connectivity index (χ1v) is 9.86. The molecule has 3 aromatic rings. The van der Waals surface area contributed by atoms with Crippen LogP contribution in [0.1, 0.15) is 0 Å². The summed E-state index contributed by atoms with van der Waals surface area (Å²) >= 11 is 13.1. The highest BCUT2D eigenvalue weighted by molar-refractivity contribution is 7.94. The van der Waals surface area contributed by atoms with Crippen LogP contribution in [-0.4, -0.2) is 8.42 Å². The summed E-state index contributed by atoms with van der Waals surface area (Å²) in [5.74, 6) is 0.714. The lowest BCUT2D eigenvalue weighted by Crippen LogP contribution is -2.12. The van der Waals surface area contributed by atoms with Crippen LogP contribution in [0.15, 0.2) is 64.2 Å². The number of sulfonamides is 1. The lowest BCUT2D eigenvalue weighted by molar-refractivity contribution is 0.485. The van der Waals surface area contributed by atoms with Crippen LogP contribution < -0.4 is 9.46 Å². The van der Waals surface area contributed by atoms with Crippen LogP contribution >= 0.6 is 34.5 Å². The van der Waals surface area contributed by atoms with Crippen molar-refractivity contribution in [2.24, 2.45) is 0 Å². The second-order valence-corrected chi connectivity index (χ2v) is 8.41. The van der Waals surface area contributed by atoms with Gasteiger partial charge in [0.15, 0.2) is 5.75 Å². The number of ether oxygens (including phenoxy) is 1. The highest BCUT2D eigenvalue weighted by atomic mass is 35.5. The summed E-state index contributed by atoms with van der Waals surface area (Å²) in [5.41, 5.74) is 0.317. The Kier molecular flexibility index (Phi) is 5.01. The molecule has 0 aliphatic rings. The number of rotatable bonds is 5. The van der Waals surface area contributed by atoms with Gasteiger partial charge in [0.25, 0.3) is 10.0 Å². The summed E-state index contributed by atoms with van der Waals surface area (Å²) < 4.78 is 33.3. The van der Waals surface area contributed by atoms with Gasteiger partial charge in [-0.05, 0) is 41.8 Å². The van der Waals surface area contributed by atoms with Crippen molar-refractivity contribution >= 4 is 50.2 Å². The molecule has 0 saturated heterocycles. The first-order valence-electron chi connectivity index (χ1n) is 6.74. The van der Waals surface area contributed by atoms with Crippen molar-refractivity contribution in [2.75, 3.05) is 4.72 Å². The maximum absolute atomic E-state index is 12.4. The van der Waals surface area contributed by atoms with E-state index in [0.717, 1.165) is 11.3 Å². The van der Waals surface area contributed by atoms with E-state index in [4.69, 9.17) is 27.9 Å². The molecule has 0 aliphatic heterocycles. The van der Waals surface area contributed by atoms with Gasteiger partial charge in [-0.1, -0.05) is 41.4 Å². The lowest BCUT2D eigenvalue weighted by atomic mass is 10.3. The molecule has 2 aromatic carbocycles. The molecule has 0 amide bonds. The van der Waals surface area contributed by atoms with Gasteiger partial charge in [-0.3, -0.25) is 4.72 Å². The summed E-state index contributed by atoms with van der Waals surface area (Å²) in [5, 5.41) is 2.52. The Bertz CT molecular complexity index is 957. The van der Waals surface area contributed by atoms with Crippen LogP contribution in [0.5, 0.6) is 11.5 Å². The van der Waals surface area contributed by atoms with E-state index in [2.05, 4.69) is 4.72 Å². The van der Waals surface area contributed by atoms with Gasteiger partial charge >= 0.3 is 0 Å². The van der Waals surface area contributed by atoms with Crippen molar-refractivity contribution < 1.29 is 13.2 Å². The number of halogens is 2. The molecule has 0 spiro atoms. The van der Waals surface area contributed by atoms with Crippen LogP contribution in [-0.2, 0) is 10.0 Å². The quantitative estimate of drug-likeness (QED) is 0.602. The number of thiophene rings is 1. The average Bonchev–Trinajstić information content (AvgIpc) is 3.07. The van der Waals surface area contributed by atoms with Gasteiger partial charge in [0.1, 0.15) is 9.96 Å². The Hall–Kier alpha value is -1.73. The van der Waals surface area contributed by atoms with E-state index in [9.17, 15) is 8.42 Å². The maximum Gasteiger partial charge on any atom is 0.271 e. The number of para-hydroxylation sites is 2. The zero-order valence-electron chi connectivity index (χ0n) is 12.1. The van der Waals surface area contributed by atoms with E-state index >= 15 is 0 Å². The van der Waals surface area contributed by atoms with Crippen molar-refractivity contribution in [3.63, 3.8) is 0 Å². The third-order valence-corrected chi connectivity index (χ3v) is 6.30. The van der Waals surface area contributed by atoms with Gasteiger partial charge in [-0.25, -0.2) is 8.42 Å². The highest BCUT2D eigenvalue weighted by Gasteiger charge is 2.18. The van der Waals surface area contributed by atoms with Crippen molar-refractivity contribution in [3.05, 3.63) is 70.0 Å². The molecule has 0 aliphatic carbocycles. The van der Waals surface area contributed by atoms with Crippen molar-refractivity contribution in [2.45, 2.75) is 4.21 Å². The van der Waals surface area contributed by atoms with E-state index in [0.29, 0.717) is 27.2 Å². The monoisotopic (exact) mass is 399 g/mol. The number of benzene rings is 2. The van der Waals surface area contributed by atoms with Gasteiger partial charge < -0.3 is 4.74 Å². The largest absolute Gasteiger partial charge is 0.454 e. The summed E-state index contributed by atoms with van der Waals surface area (Å²) in [6, 6.07) is 14.7. The number of nitrogens with one attached hydrogen (secondary N) is 1. The molecule has 0 atom stereocenters. The normalized spacial score (nSPS) is 11.2. The molecule has 0 unspecified atom stereocenters. The second kappa shape index (κ2) is 7.03. The summed E-state index contributed by atoms with van der Waals surface area (Å²) in [6.45, 7) is 0. The Morgan fingerprint density at radius 2 is 1.75 bits per heavy atom. The molecule has 0 radical (unpaired) electrons. The Morgan fingerprint density at radius 3 is 2.46 bits per heavy atom. The van der Waals surface area contributed by atoms with Crippen molar-refractivity contribution in [1.29, 1.82) is 0 Å². The molecular formula is C16H11Cl2NO3S2. The number of anilines is 1. The molecule has 24 heavy (non-hydrogen) atoms. The number of hydrogen-bond donors (Lipinski definition) is 1. The van der Waals surface area contributed by atoms with Gasteiger partial charge in [0, 0.05) is 5.02 Å². The zero-order valence-corrected chi connectivity index (χ0v) is 15.2. The minimum Gasteiger partial charge on any atom is -0.454 e. The van der Waals surface area contributed by atoms with Gasteiger partial charge in [-0.15, -0.1) is 11.3 Å². The maximum atomic E-state index is 12.4. The van der Waals surface area contributed by atoms with Gasteiger partial charge in [-0.2, -0.15) is 0 Å². The van der Waals surface area contributed by atoms with E-state index < -0.39 is 10.0 Å². The fourth-order valence-electron chi connectivity index (χ4n) is 1.93. The van der Waals surface area contributed by atoms with Crippen molar-refractivity contribution in [3.8, 4) is 11.5 Å². The van der Waals surface area contributed by atoms with Crippen LogP contribution in [0.2, 0.25) is 10.0 Å². The van der Waals surface area contributed by atoms with E-state index in [-0.39, 0.29) is 4.21 Å². The average molecular weight is 400 g/mol. The Morgan fingerprint density at radius 1 is 0.958 bits per heavy atom. The molecule has 1 heterocycles. The molecule has 1 N–H and O–H groups in total. The summed E-state index contributed by atoms with van der Waals surface area (Å²) in [6.07, 6.45) is 0. The van der Waals surface area contributed by atoms with E-state index in [1.165, 1.54) is 6.07 Å². The first-order chi connectivity index (χ1) is 11.5. The van der Waals surface area contributed by atoms with Crippen molar-refractivity contribution in [1.82, 2.24) is 0 Å². The minimum absolute atomic E-state index is 0.224. The van der Waals surface area contributed by atoms with E-state index in [1.807, 2.05) is 0 Å². The zero-order chi connectivity index (χ0) is 17.2. The number of hydrogen-bond acceptors (Lipinski definition) is 4. The predicted molar refractivity (Wildman–Crippen MR) is 98.1 cm³/mol. The molecule has 0 bridgehead atoms. The molecular weight excluding hydrogens is 389 g/mol. The third kappa shape index (κ3) is 3.84. The van der Waals surface area contributed by atoms with E-state index in [1.54, 1.807) is 53.9 Å². The molecule has 0 fully saturated rings. The van der Waals surface area contributed by atoms with Crippen LogP contribution in [0.3, 0.4) is 0 Å². The predicted octanol–water partition coefficient (Wildman–Crippen LogP) is 5.65. The molecule has 1 aromatic heterocycles. The fourth-order valence-corrected chi connectivity index (χ4v) is 4.44. The summed E-state index contributed by atoms with van der Waals surface area (Å²) in [7, 11) is -3.67. The Labute approximate surface area is 153 Å².